The number of pyridine rings is 1. The Morgan fingerprint density at radius 1 is 1.53 bits per heavy atom. The van der Waals surface area contributed by atoms with E-state index in [1.54, 1.807) is 0 Å². The van der Waals surface area contributed by atoms with E-state index in [-0.39, 0.29) is 12.1 Å². The van der Waals surface area contributed by atoms with Crippen molar-refractivity contribution in [2.24, 2.45) is 5.73 Å². The first-order valence-corrected chi connectivity index (χ1v) is 4.88. The Bertz CT molecular complexity index is 422. The van der Waals surface area contributed by atoms with Crippen LogP contribution < -0.4 is 11.1 Å². The average Bonchev–Trinajstić information content (AvgIpc) is 2.35. The summed E-state index contributed by atoms with van der Waals surface area (Å²) < 4.78 is 0. The molecule has 0 saturated carbocycles. The molecule has 1 aromatic heterocycles. The lowest BCUT2D eigenvalue weighted by Gasteiger charge is -2.11. The molecule has 0 aliphatic carbocycles. The second-order valence-corrected chi connectivity index (χ2v) is 3.29. The molecule has 17 heavy (non-hydrogen) atoms. The predicted octanol–water partition coefficient (Wildman–Crippen LogP) is -1.28. The maximum atomic E-state index is 11.6. The van der Waals surface area contributed by atoms with Gasteiger partial charge in [-0.3, -0.25) is 9.78 Å². The quantitative estimate of drug-likeness (QED) is 0.507. The van der Waals surface area contributed by atoms with Gasteiger partial charge in [-0.1, -0.05) is 0 Å². The van der Waals surface area contributed by atoms with Gasteiger partial charge in [-0.05, 0) is 12.1 Å². The monoisotopic (exact) mass is 239 g/mol. The minimum absolute atomic E-state index is 0.184. The summed E-state index contributed by atoms with van der Waals surface area (Å²) in [5, 5.41) is 19.6. The number of hydrogen-bond acceptors (Lipinski definition) is 5. The zero-order chi connectivity index (χ0) is 12.8. The van der Waals surface area contributed by atoms with E-state index < -0.39 is 24.5 Å². The van der Waals surface area contributed by atoms with Crippen molar-refractivity contribution in [2.45, 2.75) is 12.6 Å². The number of amides is 1. The maximum absolute atomic E-state index is 11.6. The Kier molecular flexibility index (Phi) is 4.56. The summed E-state index contributed by atoms with van der Waals surface area (Å²) in [7, 11) is 0. The van der Waals surface area contributed by atoms with Crippen molar-refractivity contribution in [3.63, 3.8) is 0 Å². The van der Waals surface area contributed by atoms with Crippen molar-refractivity contribution in [3.8, 4) is 0 Å². The first kappa shape index (κ1) is 13.1. The minimum Gasteiger partial charge on any atom is -0.480 e. The lowest BCUT2D eigenvalue weighted by atomic mass is 10.2. The second-order valence-electron chi connectivity index (χ2n) is 3.29. The number of nitrogens with one attached hydrogen (secondary N) is 1. The predicted molar refractivity (Wildman–Crippen MR) is 58.1 cm³/mol. The minimum atomic E-state index is -1.32. The maximum Gasteiger partial charge on any atom is 0.328 e. The number of aromatic nitrogens is 1. The highest BCUT2D eigenvalue weighted by Crippen LogP contribution is 2.01. The first-order valence-electron chi connectivity index (χ1n) is 4.88. The molecule has 7 nitrogen and oxygen atoms in total. The number of rotatable bonds is 5. The number of hydrogen-bond donors (Lipinski definition) is 4. The van der Waals surface area contributed by atoms with E-state index in [1.165, 1.54) is 18.3 Å². The van der Waals surface area contributed by atoms with Crippen LogP contribution >= 0.6 is 0 Å². The molecule has 0 unspecified atom stereocenters. The molecule has 0 bridgehead atoms. The number of carboxylic acid groups (broad SMARTS) is 1. The molecule has 0 aliphatic heterocycles. The lowest BCUT2D eigenvalue weighted by Crippen LogP contribution is -2.43. The summed E-state index contributed by atoms with van der Waals surface area (Å²) in [5.41, 5.74) is 6.14. The van der Waals surface area contributed by atoms with Gasteiger partial charge in [-0.2, -0.15) is 0 Å². The van der Waals surface area contributed by atoms with Gasteiger partial charge in [0.1, 0.15) is 0 Å². The summed E-state index contributed by atoms with van der Waals surface area (Å²) in [6, 6.07) is 1.58. The Morgan fingerprint density at radius 3 is 2.76 bits per heavy atom. The van der Waals surface area contributed by atoms with Crippen molar-refractivity contribution in [1.29, 1.82) is 0 Å². The molecule has 1 atom stereocenters. The van der Waals surface area contributed by atoms with Crippen LogP contribution in [0.15, 0.2) is 18.3 Å². The fourth-order valence-electron chi connectivity index (χ4n) is 1.16. The van der Waals surface area contributed by atoms with E-state index in [0.717, 1.165) is 0 Å². The van der Waals surface area contributed by atoms with E-state index in [9.17, 15) is 9.59 Å². The molecule has 0 radical (unpaired) electrons. The van der Waals surface area contributed by atoms with Gasteiger partial charge in [0, 0.05) is 18.3 Å². The van der Waals surface area contributed by atoms with Crippen LogP contribution in [0.2, 0.25) is 0 Å². The Balaban J connectivity index is 2.78. The number of aliphatic hydroxyl groups is 1. The molecule has 7 heteroatoms. The van der Waals surface area contributed by atoms with Gasteiger partial charge in [-0.25, -0.2) is 4.79 Å². The highest BCUT2D eigenvalue weighted by atomic mass is 16.4. The van der Waals surface area contributed by atoms with Crippen LogP contribution in [-0.2, 0) is 11.3 Å². The lowest BCUT2D eigenvalue weighted by molar-refractivity contribution is -0.140. The SMILES string of the molecule is NCc1cc(C(=O)N[C@H](CO)C(=O)O)ccn1. The van der Waals surface area contributed by atoms with Crippen LogP contribution in [-0.4, -0.2) is 39.7 Å². The third-order valence-electron chi connectivity index (χ3n) is 2.07. The Morgan fingerprint density at radius 2 is 2.24 bits per heavy atom. The standard InChI is InChI=1S/C10H13N3O4/c11-4-7-3-6(1-2-12-7)9(15)13-8(5-14)10(16)17/h1-3,8,14H,4-5,11H2,(H,13,15)(H,16,17)/t8-/m1/s1. The fraction of sp³-hybridized carbons (Fsp3) is 0.300. The van der Waals surface area contributed by atoms with Gasteiger partial charge in [0.05, 0.1) is 12.3 Å². The van der Waals surface area contributed by atoms with Crippen LogP contribution in [0.4, 0.5) is 0 Å². The normalized spacial score (nSPS) is 11.9. The topological polar surface area (TPSA) is 126 Å². The van der Waals surface area contributed by atoms with Crippen molar-refractivity contribution in [2.75, 3.05) is 6.61 Å². The average molecular weight is 239 g/mol. The van der Waals surface area contributed by atoms with E-state index >= 15 is 0 Å². The molecule has 5 N–H and O–H groups in total. The number of nitrogens with two attached hydrogens (primary N) is 1. The molecule has 0 saturated heterocycles. The van der Waals surface area contributed by atoms with Crippen LogP contribution in [0.1, 0.15) is 16.1 Å². The Hall–Kier alpha value is -1.99. The van der Waals surface area contributed by atoms with Crippen molar-refractivity contribution in [3.05, 3.63) is 29.6 Å². The Labute approximate surface area is 97.3 Å². The molecule has 1 amide bonds. The smallest absolute Gasteiger partial charge is 0.328 e. The molecule has 0 aliphatic rings. The van der Waals surface area contributed by atoms with Crippen molar-refractivity contribution < 1.29 is 19.8 Å². The van der Waals surface area contributed by atoms with E-state index in [1.807, 2.05) is 0 Å². The third kappa shape index (κ3) is 3.51. The van der Waals surface area contributed by atoms with E-state index in [2.05, 4.69) is 10.3 Å². The van der Waals surface area contributed by atoms with Crippen LogP contribution in [0.5, 0.6) is 0 Å². The van der Waals surface area contributed by atoms with Crippen LogP contribution in [0.3, 0.4) is 0 Å². The number of aliphatic carboxylic acids is 1. The highest BCUT2D eigenvalue weighted by Gasteiger charge is 2.19. The number of carbonyl (C=O) groups excluding carboxylic acids is 1. The van der Waals surface area contributed by atoms with Crippen LogP contribution in [0.25, 0.3) is 0 Å². The van der Waals surface area contributed by atoms with Crippen LogP contribution in [0, 0.1) is 0 Å². The summed E-state index contributed by atoms with van der Waals surface area (Å²) in [6.45, 7) is -0.487. The van der Waals surface area contributed by atoms with Gasteiger partial charge in [0.15, 0.2) is 6.04 Å². The number of aliphatic hydroxyl groups excluding tert-OH is 1. The molecule has 1 aromatic rings. The molecule has 1 rings (SSSR count). The second kappa shape index (κ2) is 5.92. The van der Waals surface area contributed by atoms with Crippen molar-refractivity contribution >= 4 is 11.9 Å². The van der Waals surface area contributed by atoms with Gasteiger partial charge in [0.25, 0.3) is 5.91 Å². The van der Waals surface area contributed by atoms with Gasteiger partial charge >= 0.3 is 5.97 Å². The number of carboxylic acids is 1. The van der Waals surface area contributed by atoms with Gasteiger partial charge < -0.3 is 21.3 Å². The summed E-state index contributed by atoms with van der Waals surface area (Å²) in [4.78, 5) is 26.1. The largest absolute Gasteiger partial charge is 0.480 e. The molecule has 0 aromatic carbocycles. The van der Waals surface area contributed by atoms with E-state index in [0.29, 0.717) is 5.69 Å². The molecule has 0 fully saturated rings. The third-order valence-corrected chi connectivity index (χ3v) is 2.07. The van der Waals surface area contributed by atoms with E-state index in [4.69, 9.17) is 15.9 Å². The summed E-state index contributed by atoms with van der Waals surface area (Å²) in [6.07, 6.45) is 1.41. The zero-order valence-electron chi connectivity index (χ0n) is 8.96. The highest BCUT2D eigenvalue weighted by molar-refractivity contribution is 5.96. The number of nitrogens with zero attached hydrogens (tertiary/aromatic N) is 1. The molecule has 92 valence electrons. The van der Waals surface area contributed by atoms with Gasteiger partial charge in [-0.15, -0.1) is 0 Å². The summed E-state index contributed by atoms with van der Waals surface area (Å²) in [5.74, 6) is -1.89. The summed E-state index contributed by atoms with van der Waals surface area (Å²) >= 11 is 0. The zero-order valence-corrected chi connectivity index (χ0v) is 8.96. The first-order chi connectivity index (χ1) is 8.08. The molecular formula is C10H13N3O4. The van der Waals surface area contributed by atoms with Crippen molar-refractivity contribution in [1.82, 2.24) is 10.3 Å². The molecular weight excluding hydrogens is 226 g/mol. The number of carbonyl (C=O) groups is 2. The molecule has 0 spiro atoms. The van der Waals surface area contributed by atoms with Gasteiger partial charge in [0.2, 0.25) is 0 Å². The fourth-order valence-corrected chi connectivity index (χ4v) is 1.16. The molecule has 1 heterocycles.